The SMILES string of the molecule is O=C(Nc1c2c(cc3c1CCC3)CCC2)NS(=O)(=O)c1cc2c(o1)C1CCC(C1)C2O. The van der Waals surface area contributed by atoms with Crippen molar-refractivity contribution in [2.24, 2.45) is 5.92 Å². The third-order valence-corrected chi connectivity index (χ3v) is 8.77. The lowest BCUT2D eigenvalue weighted by atomic mass is 9.86. The zero-order valence-corrected chi connectivity index (χ0v) is 18.1. The number of amides is 2. The molecule has 2 amide bonds. The van der Waals surface area contributed by atoms with Crippen LogP contribution in [0.5, 0.6) is 0 Å². The molecule has 3 unspecified atom stereocenters. The molecule has 31 heavy (non-hydrogen) atoms. The number of rotatable bonds is 3. The Bertz CT molecular complexity index is 1150. The van der Waals surface area contributed by atoms with Gasteiger partial charge in [-0.3, -0.25) is 0 Å². The van der Waals surface area contributed by atoms with E-state index >= 15 is 0 Å². The molecule has 2 aromatic rings. The Morgan fingerprint density at radius 1 is 1.03 bits per heavy atom. The summed E-state index contributed by atoms with van der Waals surface area (Å²) in [6.45, 7) is 0. The Balaban J connectivity index is 1.26. The smallest absolute Gasteiger partial charge is 0.333 e. The number of hydrogen-bond acceptors (Lipinski definition) is 5. The molecule has 0 aliphatic heterocycles. The maximum Gasteiger partial charge on any atom is 0.333 e. The van der Waals surface area contributed by atoms with E-state index in [0.29, 0.717) is 11.3 Å². The highest BCUT2D eigenvalue weighted by atomic mass is 32.2. The molecule has 1 aromatic carbocycles. The fraction of sp³-hybridized carbons (Fsp3) is 0.522. The molecule has 164 valence electrons. The standard InChI is InChI=1S/C23H26N2O5S/c26-21-14-7-8-15(10-14)22-18(21)11-19(30-22)31(28,29)25-23(27)24-20-16-5-1-3-12(16)9-13-4-2-6-17(13)20/h9,11,14-15,21,26H,1-8,10H2,(H2,24,25,27). The van der Waals surface area contributed by atoms with Gasteiger partial charge in [0.1, 0.15) is 5.76 Å². The Labute approximate surface area is 181 Å². The summed E-state index contributed by atoms with van der Waals surface area (Å²) in [6, 6.07) is 2.88. The number of aliphatic hydroxyl groups is 1. The highest BCUT2D eigenvalue weighted by molar-refractivity contribution is 7.89. The van der Waals surface area contributed by atoms with E-state index in [1.54, 1.807) is 0 Å². The van der Waals surface area contributed by atoms with Crippen molar-refractivity contribution in [3.05, 3.63) is 45.7 Å². The van der Waals surface area contributed by atoms with Gasteiger partial charge in [0, 0.05) is 23.2 Å². The van der Waals surface area contributed by atoms with Crippen molar-refractivity contribution in [2.45, 2.75) is 74.9 Å². The van der Waals surface area contributed by atoms with Crippen LogP contribution in [0.1, 0.15) is 77.7 Å². The minimum absolute atomic E-state index is 0.149. The summed E-state index contributed by atoms with van der Waals surface area (Å²) >= 11 is 0. The number of fused-ring (bicyclic) bond motifs is 6. The average molecular weight is 443 g/mol. The topological polar surface area (TPSA) is 109 Å². The van der Waals surface area contributed by atoms with E-state index < -0.39 is 22.2 Å². The summed E-state index contributed by atoms with van der Waals surface area (Å²) < 4.78 is 33.6. The number of anilines is 1. The average Bonchev–Trinajstić information content (AvgIpc) is 3.50. The Morgan fingerprint density at radius 2 is 1.74 bits per heavy atom. The first-order chi connectivity index (χ1) is 14.9. The second-order valence-corrected chi connectivity index (χ2v) is 11.0. The van der Waals surface area contributed by atoms with E-state index in [0.717, 1.165) is 74.6 Å². The molecule has 6 rings (SSSR count). The summed E-state index contributed by atoms with van der Waals surface area (Å²) in [5, 5.41) is 13.1. The molecular formula is C23H26N2O5S. The number of benzene rings is 1. The van der Waals surface area contributed by atoms with Gasteiger partial charge in [0.2, 0.25) is 5.09 Å². The molecule has 0 radical (unpaired) electrons. The van der Waals surface area contributed by atoms with Crippen molar-refractivity contribution in [3.8, 4) is 0 Å². The van der Waals surface area contributed by atoms with Crippen LogP contribution in [-0.4, -0.2) is 19.6 Å². The number of hydrogen-bond donors (Lipinski definition) is 3. The largest absolute Gasteiger partial charge is 0.447 e. The van der Waals surface area contributed by atoms with Crippen LogP contribution in [0.4, 0.5) is 10.5 Å². The molecular weight excluding hydrogens is 416 g/mol. The summed E-state index contributed by atoms with van der Waals surface area (Å²) in [4.78, 5) is 12.7. The van der Waals surface area contributed by atoms with Gasteiger partial charge in [0.25, 0.3) is 10.0 Å². The van der Waals surface area contributed by atoms with Gasteiger partial charge in [0.15, 0.2) is 0 Å². The van der Waals surface area contributed by atoms with Gasteiger partial charge < -0.3 is 14.8 Å². The number of nitrogens with one attached hydrogen (secondary N) is 2. The first-order valence-electron chi connectivity index (χ1n) is 11.2. The second-order valence-electron chi connectivity index (χ2n) is 9.39. The fourth-order valence-corrected chi connectivity index (χ4v) is 7.03. The van der Waals surface area contributed by atoms with Crippen molar-refractivity contribution in [3.63, 3.8) is 0 Å². The highest BCUT2D eigenvalue weighted by Crippen LogP contribution is 2.52. The molecule has 4 aliphatic carbocycles. The van der Waals surface area contributed by atoms with Gasteiger partial charge in [-0.25, -0.2) is 9.52 Å². The first kappa shape index (κ1) is 19.4. The molecule has 3 N–H and O–H groups in total. The number of urea groups is 1. The molecule has 1 saturated carbocycles. The maximum atomic E-state index is 12.9. The van der Waals surface area contributed by atoms with Gasteiger partial charge >= 0.3 is 6.03 Å². The summed E-state index contributed by atoms with van der Waals surface area (Å²) in [7, 11) is -4.18. The number of aliphatic hydroxyl groups excluding tert-OH is 1. The summed E-state index contributed by atoms with van der Waals surface area (Å²) in [6.07, 6.45) is 7.82. The molecule has 3 atom stereocenters. The zero-order chi connectivity index (χ0) is 21.3. The van der Waals surface area contributed by atoms with Crippen LogP contribution >= 0.6 is 0 Å². The van der Waals surface area contributed by atoms with Crippen molar-refractivity contribution < 1.29 is 22.7 Å². The lowest BCUT2D eigenvalue weighted by Crippen LogP contribution is -2.34. The third-order valence-electron chi connectivity index (χ3n) is 7.58. The maximum absolute atomic E-state index is 12.9. The first-order valence-corrected chi connectivity index (χ1v) is 12.7. The quantitative estimate of drug-likeness (QED) is 0.672. The lowest BCUT2D eigenvalue weighted by molar-refractivity contribution is 0.101. The van der Waals surface area contributed by atoms with E-state index in [-0.39, 0.29) is 16.9 Å². The van der Waals surface area contributed by atoms with Gasteiger partial charge in [-0.05, 0) is 86.0 Å². The molecule has 0 saturated heterocycles. The number of carbonyl (C=O) groups excluding carboxylic acids is 1. The molecule has 8 heteroatoms. The normalized spacial score (nSPS) is 25.8. The van der Waals surface area contributed by atoms with Crippen LogP contribution < -0.4 is 10.0 Å². The predicted molar refractivity (Wildman–Crippen MR) is 114 cm³/mol. The Morgan fingerprint density at radius 3 is 2.45 bits per heavy atom. The number of aryl methyl sites for hydroxylation is 2. The molecule has 0 spiro atoms. The van der Waals surface area contributed by atoms with Gasteiger partial charge in [0.05, 0.1) is 6.10 Å². The Hall–Kier alpha value is -2.32. The van der Waals surface area contributed by atoms with Crippen molar-refractivity contribution in [2.75, 3.05) is 5.32 Å². The second kappa shape index (κ2) is 6.84. The van der Waals surface area contributed by atoms with Gasteiger partial charge in [-0.15, -0.1) is 0 Å². The summed E-state index contributed by atoms with van der Waals surface area (Å²) in [5.74, 6) is 0.862. The fourth-order valence-electron chi connectivity index (χ4n) is 6.15. The van der Waals surface area contributed by atoms with Crippen LogP contribution in [0.15, 0.2) is 21.6 Å². The van der Waals surface area contributed by atoms with E-state index in [9.17, 15) is 18.3 Å². The van der Waals surface area contributed by atoms with E-state index in [1.165, 1.54) is 17.2 Å². The highest BCUT2D eigenvalue weighted by Gasteiger charge is 2.43. The number of furan rings is 1. The summed E-state index contributed by atoms with van der Waals surface area (Å²) in [5.41, 5.74) is 6.16. The molecule has 1 aromatic heterocycles. The molecule has 7 nitrogen and oxygen atoms in total. The van der Waals surface area contributed by atoms with Crippen LogP contribution in [-0.2, 0) is 35.7 Å². The van der Waals surface area contributed by atoms with Gasteiger partial charge in [-0.1, -0.05) is 6.07 Å². The van der Waals surface area contributed by atoms with Crippen molar-refractivity contribution in [1.29, 1.82) is 0 Å². The van der Waals surface area contributed by atoms with E-state index in [2.05, 4.69) is 16.1 Å². The van der Waals surface area contributed by atoms with E-state index in [1.807, 2.05) is 0 Å². The van der Waals surface area contributed by atoms with Crippen LogP contribution in [0.25, 0.3) is 0 Å². The molecule has 1 fully saturated rings. The van der Waals surface area contributed by atoms with Crippen molar-refractivity contribution in [1.82, 2.24) is 4.72 Å². The predicted octanol–water partition coefficient (Wildman–Crippen LogP) is 3.70. The third kappa shape index (κ3) is 3.03. The number of carbonyl (C=O) groups is 1. The molecule has 1 heterocycles. The minimum Gasteiger partial charge on any atom is -0.447 e. The van der Waals surface area contributed by atoms with E-state index in [4.69, 9.17) is 4.42 Å². The monoisotopic (exact) mass is 442 g/mol. The molecule has 4 aliphatic rings. The molecule has 2 bridgehead atoms. The van der Waals surface area contributed by atoms with Gasteiger partial charge in [-0.2, -0.15) is 8.42 Å². The van der Waals surface area contributed by atoms with Crippen LogP contribution in [0.2, 0.25) is 0 Å². The lowest BCUT2D eigenvalue weighted by Gasteiger charge is -2.23. The van der Waals surface area contributed by atoms with Crippen LogP contribution in [0, 0.1) is 5.92 Å². The van der Waals surface area contributed by atoms with Crippen LogP contribution in [0.3, 0.4) is 0 Å². The Kier molecular flexibility index (Phi) is 4.27. The number of sulfonamides is 1. The zero-order valence-electron chi connectivity index (χ0n) is 17.2. The van der Waals surface area contributed by atoms with Crippen molar-refractivity contribution >= 4 is 21.7 Å². The minimum atomic E-state index is -4.18.